The van der Waals surface area contributed by atoms with Gasteiger partial charge in [0.25, 0.3) is 0 Å². The van der Waals surface area contributed by atoms with Gasteiger partial charge in [-0.25, -0.2) is 0 Å². The molecule has 0 bridgehead atoms. The molecule has 1 N–H and O–H groups in total. The van der Waals surface area contributed by atoms with Gasteiger partial charge in [-0.3, -0.25) is 4.79 Å². The topological polar surface area (TPSA) is 44.8 Å². The standard InChI is InChI=1S/C18H27N3O2.2ClH/c1-14-17(19-10-12-23-14)18(22)20(2)16-9-6-11-21(13-16)15-7-4-3-5-8-15;;/h3-5,7-8,14,16-17,19H,6,9-13H2,1-2H3;2*1H/t14-,16?,17+;;/m1../s1. The maximum atomic E-state index is 12.8. The van der Waals surface area contributed by atoms with Crippen molar-refractivity contribution in [2.45, 2.75) is 38.0 Å². The van der Waals surface area contributed by atoms with Crippen LogP contribution in [0.25, 0.3) is 0 Å². The molecule has 2 aliphatic heterocycles. The summed E-state index contributed by atoms with van der Waals surface area (Å²) in [5.41, 5.74) is 1.24. The molecule has 2 aliphatic rings. The second-order valence-electron chi connectivity index (χ2n) is 6.53. The third kappa shape index (κ3) is 5.23. The minimum atomic E-state index is -0.221. The number of amides is 1. The third-order valence-electron chi connectivity index (χ3n) is 5.00. The maximum Gasteiger partial charge on any atom is 0.242 e. The number of piperidine rings is 1. The van der Waals surface area contributed by atoms with E-state index in [9.17, 15) is 4.79 Å². The van der Waals surface area contributed by atoms with Crippen LogP contribution in [0.15, 0.2) is 30.3 Å². The summed E-state index contributed by atoms with van der Waals surface area (Å²) in [7, 11) is 1.94. The first-order valence-corrected chi connectivity index (χ1v) is 8.58. The van der Waals surface area contributed by atoms with E-state index >= 15 is 0 Å². The molecule has 1 aromatic rings. The molecular weight excluding hydrogens is 361 g/mol. The monoisotopic (exact) mass is 389 g/mol. The minimum Gasteiger partial charge on any atom is -0.375 e. The second kappa shape index (κ2) is 10.2. The molecule has 3 atom stereocenters. The van der Waals surface area contributed by atoms with Gasteiger partial charge < -0.3 is 19.9 Å². The second-order valence-corrected chi connectivity index (χ2v) is 6.53. The smallest absolute Gasteiger partial charge is 0.242 e. The molecule has 0 aromatic heterocycles. The largest absolute Gasteiger partial charge is 0.375 e. The molecule has 2 fully saturated rings. The number of hydrogen-bond acceptors (Lipinski definition) is 4. The van der Waals surface area contributed by atoms with Crippen molar-refractivity contribution in [1.82, 2.24) is 10.2 Å². The fraction of sp³-hybridized carbons (Fsp3) is 0.611. The van der Waals surface area contributed by atoms with Gasteiger partial charge in [0.1, 0.15) is 6.04 Å². The predicted octanol–water partition coefficient (Wildman–Crippen LogP) is 2.33. The lowest BCUT2D eigenvalue weighted by molar-refractivity contribution is -0.140. The number of rotatable bonds is 3. The van der Waals surface area contributed by atoms with Crippen LogP contribution in [0.2, 0.25) is 0 Å². The van der Waals surface area contributed by atoms with Crippen LogP contribution in [0.5, 0.6) is 0 Å². The summed E-state index contributed by atoms with van der Waals surface area (Å²) in [6.45, 7) is 5.35. The summed E-state index contributed by atoms with van der Waals surface area (Å²) in [5, 5.41) is 3.30. The van der Waals surface area contributed by atoms with Crippen LogP contribution in [0.1, 0.15) is 19.8 Å². The molecule has 2 saturated heterocycles. The number of hydrogen-bond donors (Lipinski definition) is 1. The Kier molecular flexibility index (Phi) is 9.00. The molecule has 1 amide bonds. The number of nitrogens with zero attached hydrogens (tertiary/aromatic N) is 2. The third-order valence-corrected chi connectivity index (χ3v) is 5.00. The molecule has 0 radical (unpaired) electrons. The van der Waals surface area contributed by atoms with Crippen molar-refractivity contribution < 1.29 is 9.53 Å². The Bertz CT molecular complexity index is 532. The van der Waals surface area contributed by atoms with Gasteiger partial charge in [0.05, 0.1) is 12.7 Å². The Hall–Kier alpha value is -1.01. The predicted molar refractivity (Wildman–Crippen MR) is 106 cm³/mol. The van der Waals surface area contributed by atoms with Crippen LogP contribution in [0, 0.1) is 0 Å². The number of carbonyl (C=O) groups is 1. The van der Waals surface area contributed by atoms with Gasteiger partial charge in [-0.1, -0.05) is 18.2 Å². The van der Waals surface area contributed by atoms with E-state index < -0.39 is 0 Å². The van der Waals surface area contributed by atoms with Crippen molar-refractivity contribution in [3.05, 3.63) is 30.3 Å². The summed E-state index contributed by atoms with van der Waals surface area (Å²) in [6, 6.07) is 10.5. The first kappa shape index (κ1) is 22.0. The van der Waals surface area contributed by atoms with Gasteiger partial charge in [0.2, 0.25) is 5.91 Å². The summed E-state index contributed by atoms with van der Waals surface area (Å²) in [4.78, 5) is 17.1. The minimum absolute atomic E-state index is 0. The average Bonchev–Trinajstić information content (AvgIpc) is 2.62. The molecule has 25 heavy (non-hydrogen) atoms. The number of carbonyl (C=O) groups excluding carboxylic acids is 1. The van der Waals surface area contributed by atoms with E-state index in [1.807, 2.05) is 24.9 Å². The zero-order valence-corrected chi connectivity index (χ0v) is 16.5. The zero-order chi connectivity index (χ0) is 16.2. The van der Waals surface area contributed by atoms with Crippen LogP contribution >= 0.6 is 24.8 Å². The van der Waals surface area contributed by atoms with Crippen molar-refractivity contribution >= 4 is 36.4 Å². The molecule has 1 aromatic carbocycles. The maximum absolute atomic E-state index is 12.8. The lowest BCUT2D eigenvalue weighted by Gasteiger charge is -2.41. The number of halogens is 2. The Morgan fingerprint density at radius 3 is 2.68 bits per heavy atom. The Morgan fingerprint density at radius 1 is 1.28 bits per heavy atom. The number of para-hydroxylation sites is 1. The van der Waals surface area contributed by atoms with E-state index in [0.29, 0.717) is 6.61 Å². The van der Waals surface area contributed by atoms with E-state index in [1.54, 1.807) is 0 Å². The quantitative estimate of drug-likeness (QED) is 0.861. The molecule has 0 saturated carbocycles. The van der Waals surface area contributed by atoms with Crippen molar-refractivity contribution in [2.24, 2.45) is 0 Å². The van der Waals surface area contributed by atoms with Crippen LogP contribution in [-0.4, -0.2) is 62.3 Å². The van der Waals surface area contributed by atoms with E-state index in [2.05, 4.69) is 34.5 Å². The molecular formula is C18H29Cl2N3O2. The lowest BCUT2D eigenvalue weighted by atomic mass is 10.0. The molecule has 3 rings (SSSR count). The first-order valence-electron chi connectivity index (χ1n) is 8.58. The number of anilines is 1. The lowest BCUT2D eigenvalue weighted by Crippen LogP contribution is -2.59. The summed E-state index contributed by atoms with van der Waals surface area (Å²) in [6.07, 6.45) is 2.11. The van der Waals surface area contributed by atoms with Crippen molar-refractivity contribution in [1.29, 1.82) is 0 Å². The van der Waals surface area contributed by atoms with Gasteiger partial charge in [0.15, 0.2) is 0 Å². The molecule has 142 valence electrons. The highest BCUT2D eigenvalue weighted by Gasteiger charge is 2.34. The number of likely N-dealkylation sites (N-methyl/N-ethyl adjacent to an activating group) is 1. The van der Waals surface area contributed by atoms with Crippen molar-refractivity contribution in [3.63, 3.8) is 0 Å². The number of benzene rings is 1. The number of ether oxygens (including phenoxy) is 1. The summed E-state index contributed by atoms with van der Waals surface area (Å²) >= 11 is 0. The van der Waals surface area contributed by atoms with Crippen LogP contribution < -0.4 is 10.2 Å². The molecule has 0 aliphatic carbocycles. The Labute approximate surface area is 162 Å². The highest BCUT2D eigenvalue weighted by Crippen LogP contribution is 2.22. The first-order chi connectivity index (χ1) is 11.2. The fourth-order valence-electron chi connectivity index (χ4n) is 3.55. The SMILES string of the molecule is C[C@H]1OCCN[C@@H]1C(=O)N(C)C1CCCN(c2ccccc2)C1.Cl.Cl. The number of nitrogens with one attached hydrogen (secondary N) is 1. The molecule has 1 unspecified atom stereocenters. The van der Waals surface area contributed by atoms with Gasteiger partial charge in [-0.2, -0.15) is 0 Å². The average molecular weight is 390 g/mol. The molecule has 5 nitrogen and oxygen atoms in total. The highest BCUT2D eigenvalue weighted by molar-refractivity contribution is 5.85. The van der Waals surface area contributed by atoms with E-state index in [1.165, 1.54) is 5.69 Å². The van der Waals surface area contributed by atoms with Gasteiger partial charge >= 0.3 is 0 Å². The van der Waals surface area contributed by atoms with Gasteiger partial charge in [-0.05, 0) is 31.9 Å². The molecule has 2 heterocycles. The summed E-state index contributed by atoms with van der Waals surface area (Å²) < 4.78 is 5.62. The highest BCUT2D eigenvalue weighted by atomic mass is 35.5. The Balaban J connectivity index is 0.00000156. The van der Waals surface area contributed by atoms with Crippen LogP contribution in [-0.2, 0) is 9.53 Å². The Morgan fingerprint density at radius 2 is 2.00 bits per heavy atom. The van der Waals surface area contributed by atoms with E-state index in [4.69, 9.17) is 4.74 Å². The molecule has 7 heteroatoms. The normalized spacial score (nSPS) is 26.2. The van der Waals surface area contributed by atoms with Gasteiger partial charge in [0, 0.05) is 38.4 Å². The number of morpholine rings is 1. The fourth-order valence-corrected chi connectivity index (χ4v) is 3.55. The zero-order valence-electron chi connectivity index (χ0n) is 14.9. The van der Waals surface area contributed by atoms with Crippen molar-refractivity contribution in [3.8, 4) is 0 Å². The van der Waals surface area contributed by atoms with Gasteiger partial charge in [-0.15, -0.1) is 24.8 Å². The molecule has 0 spiro atoms. The van der Waals surface area contributed by atoms with Crippen LogP contribution in [0.3, 0.4) is 0 Å². The van der Waals surface area contributed by atoms with E-state index in [-0.39, 0.29) is 48.9 Å². The van der Waals surface area contributed by atoms with Crippen LogP contribution in [0.4, 0.5) is 5.69 Å². The van der Waals surface area contributed by atoms with Crippen molar-refractivity contribution in [2.75, 3.05) is 38.2 Å². The summed E-state index contributed by atoms with van der Waals surface area (Å²) in [5.74, 6) is 0.150. The van der Waals surface area contributed by atoms with E-state index in [0.717, 1.165) is 32.5 Å².